The third-order valence-corrected chi connectivity index (χ3v) is 4.41. The third kappa shape index (κ3) is 3.19. The molecular weight excluding hydrogens is 214 g/mol. The van der Waals surface area contributed by atoms with Crippen molar-refractivity contribution in [2.24, 2.45) is 5.41 Å². The molecule has 4 heteroatoms. The number of nitrogens with one attached hydrogen (secondary N) is 3. The quantitative estimate of drug-likeness (QED) is 0.674. The van der Waals surface area contributed by atoms with Gasteiger partial charge in [-0.15, -0.1) is 0 Å². The van der Waals surface area contributed by atoms with Crippen LogP contribution in [0.3, 0.4) is 0 Å². The molecule has 1 unspecified atom stereocenters. The minimum absolute atomic E-state index is 0.0425. The van der Waals surface area contributed by atoms with E-state index in [-0.39, 0.29) is 11.9 Å². The molecule has 0 bridgehead atoms. The van der Waals surface area contributed by atoms with Gasteiger partial charge in [-0.25, -0.2) is 0 Å². The fourth-order valence-corrected chi connectivity index (χ4v) is 3.02. The molecule has 1 atom stereocenters. The van der Waals surface area contributed by atoms with Gasteiger partial charge < -0.3 is 16.0 Å². The molecule has 2 fully saturated rings. The Morgan fingerprint density at radius 2 is 2.12 bits per heavy atom. The SMILES string of the molecule is CCC1(CNC(=O)C2CNCCN2)CCCC1. The van der Waals surface area contributed by atoms with Crippen LogP contribution in [0, 0.1) is 5.41 Å². The zero-order chi connectivity index (χ0) is 12.1. The fraction of sp³-hybridized carbons (Fsp3) is 0.923. The second kappa shape index (κ2) is 5.83. The van der Waals surface area contributed by atoms with Crippen LogP contribution in [0.25, 0.3) is 0 Å². The van der Waals surface area contributed by atoms with Gasteiger partial charge >= 0.3 is 0 Å². The molecule has 1 aliphatic heterocycles. The Morgan fingerprint density at radius 3 is 2.71 bits per heavy atom. The highest BCUT2D eigenvalue weighted by molar-refractivity contribution is 5.82. The first kappa shape index (κ1) is 12.8. The number of hydrogen-bond donors (Lipinski definition) is 3. The van der Waals surface area contributed by atoms with Crippen LogP contribution in [0.1, 0.15) is 39.0 Å². The molecule has 0 aromatic carbocycles. The van der Waals surface area contributed by atoms with Gasteiger partial charge in [-0.05, 0) is 24.7 Å². The third-order valence-electron chi connectivity index (χ3n) is 4.41. The average molecular weight is 239 g/mol. The monoisotopic (exact) mass is 239 g/mol. The van der Waals surface area contributed by atoms with Crippen molar-refractivity contribution in [3.8, 4) is 0 Å². The van der Waals surface area contributed by atoms with Crippen molar-refractivity contribution in [3.63, 3.8) is 0 Å². The maximum absolute atomic E-state index is 12.0. The normalized spacial score (nSPS) is 27.9. The zero-order valence-electron chi connectivity index (χ0n) is 10.8. The van der Waals surface area contributed by atoms with E-state index in [9.17, 15) is 4.79 Å². The minimum Gasteiger partial charge on any atom is -0.354 e. The summed E-state index contributed by atoms with van der Waals surface area (Å²) in [4.78, 5) is 12.0. The van der Waals surface area contributed by atoms with Crippen LogP contribution >= 0.6 is 0 Å². The average Bonchev–Trinajstić information content (AvgIpc) is 2.86. The first-order chi connectivity index (χ1) is 8.26. The van der Waals surface area contributed by atoms with E-state index >= 15 is 0 Å². The van der Waals surface area contributed by atoms with Crippen LogP contribution in [-0.4, -0.2) is 38.1 Å². The van der Waals surface area contributed by atoms with Crippen LogP contribution < -0.4 is 16.0 Å². The van der Waals surface area contributed by atoms with Crippen molar-refractivity contribution in [2.45, 2.75) is 45.1 Å². The highest BCUT2D eigenvalue weighted by atomic mass is 16.2. The first-order valence-corrected chi connectivity index (χ1v) is 6.98. The number of rotatable bonds is 4. The topological polar surface area (TPSA) is 53.2 Å². The second-order valence-electron chi connectivity index (χ2n) is 5.49. The summed E-state index contributed by atoms with van der Waals surface area (Å²) in [7, 11) is 0. The van der Waals surface area contributed by atoms with Gasteiger partial charge in [0.2, 0.25) is 5.91 Å². The van der Waals surface area contributed by atoms with Gasteiger partial charge in [0.15, 0.2) is 0 Å². The molecule has 0 spiro atoms. The van der Waals surface area contributed by atoms with Crippen LogP contribution in [0.5, 0.6) is 0 Å². The summed E-state index contributed by atoms with van der Waals surface area (Å²) in [5.74, 6) is 0.164. The van der Waals surface area contributed by atoms with Gasteiger partial charge in [0.25, 0.3) is 0 Å². The van der Waals surface area contributed by atoms with Crippen molar-refractivity contribution in [1.82, 2.24) is 16.0 Å². The van der Waals surface area contributed by atoms with Gasteiger partial charge in [-0.3, -0.25) is 4.79 Å². The number of piperazine rings is 1. The molecule has 0 radical (unpaired) electrons. The molecule has 2 aliphatic rings. The largest absolute Gasteiger partial charge is 0.354 e. The Labute approximate surface area is 104 Å². The highest BCUT2D eigenvalue weighted by Gasteiger charge is 2.33. The van der Waals surface area contributed by atoms with Crippen LogP contribution in [0.15, 0.2) is 0 Å². The van der Waals surface area contributed by atoms with Crippen molar-refractivity contribution >= 4 is 5.91 Å². The molecule has 0 aromatic heterocycles. The van der Waals surface area contributed by atoms with Gasteiger partial charge in [0.1, 0.15) is 0 Å². The Kier molecular flexibility index (Phi) is 4.40. The van der Waals surface area contributed by atoms with E-state index in [0.29, 0.717) is 5.41 Å². The van der Waals surface area contributed by atoms with Gasteiger partial charge in [0, 0.05) is 26.2 Å². The summed E-state index contributed by atoms with van der Waals surface area (Å²) in [6.07, 6.45) is 6.39. The number of carbonyl (C=O) groups is 1. The van der Waals surface area contributed by atoms with Gasteiger partial charge in [-0.1, -0.05) is 19.8 Å². The summed E-state index contributed by atoms with van der Waals surface area (Å²) in [5, 5.41) is 9.64. The maximum Gasteiger partial charge on any atom is 0.238 e. The van der Waals surface area contributed by atoms with E-state index < -0.39 is 0 Å². The molecule has 1 aliphatic carbocycles. The zero-order valence-corrected chi connectivity index (χ0v) is 10.8. The Bertz CT molecular complexity index is 255. The molecule has 1 saturated carbocycles. The van der Waals surface area contributed by atoms with E-state index in [1.807, 2.05) is 0 Å². The molecule has 2 rings (SSSR count). The Balaban J connectivity index is 1.78. The Morgan fingerprint density at radius 1 is 1.35 bits per heavy atom. The summed E-state index contributed by atoms with van der Waals surface area (Å²) in [5.41, 5.74) is 0.387. The lowest BCUT2D eigenvalue weighted by Gasteiger charge is -2.30. The van der Waals surface area contributed by atoms with Crippen molar-refractivity contribution in [3.05, 3.63) is 0 Å². The molecular formula is C13H25N3O. The summed E-state index contributed by atoms with van der Waals surface area (Å²) >= 11 is 0. The Hall–Kier alpha value is -0.610. The summed E-state index contributed by atoms with van der Waals surface area (Å²) in [6.45, 7) is 5.71. The summed E-state index contributed by atoms with van der Waals surface area (Å²) in [6, 6.07) is -0.0425. The van der Waals surface area contributed by atoms with Crippen molar-refractivity contribution in [2.75, 3.05) is 26.2 Å². The van der Waals surface area contributed by atoms with Crippen LogP contribution in [0.4, 0.5) is 0 Å². The molecule has 1 amide bonds. The van der Waals surface area contributed by atoms with E-state index in [4.69, 9.17) is 0 Å². The molecule has 3 N–H and O–H groups in total. The number of amides is 1. The van der Waals surface area contributed by atoms with Crippen LogP contribution in [0.2, 0.25) is 0 Å². The number of carbonyl (C=O) groups excluding carboxylic acids is 1. The van der Waals surface area contributed by atoms with Crippen LogP contribution in [-0.2, 0) is 4.79 Å². The molecule has 0 aromatic rings. The van der Waals surface area contributed by atoms with Gasteiger partial charge in [-0.2, -0.15) is 0 Å². The lowest BCUT2D eigenvalue weighted by atomic mass is 9.83. The second-order valence-corrected chi connectivity index (χ2v) is 5.49. The lowest BCUT2D eigenvalue weighted by Crippen LogP contribution is -2.56. The van der Waals surface area contributed by atoms with E-state index in [1.165, 1.54) is 32.1 Å². The molecule has 1 heterocycles. The molecule has 98 valence electrons. The van der Waals surface area contributed by atoms with Crippen molar-refractivity contribution < 1.29 is 4.79 Å². The highest BCUT2D eigenvalue weighted by Crippen LogP contribution is 2.40. The smallest absolute Gasteiger partial charge is 0.238 e. The molecule has 4 nitrogen and oxygen atoms in total. The predicted octanol–water partition coefficient (Wildman–Crippen LogP) is 0.634. The minimum atomic E-state index is -0.0425. The van der Waals surface area contributed by atoms with Gasteiger partial charge in [0.05, 0.1) is 6.04 Å². The standard InChI is InChI=1S/C13H25N3O/c1-2-13(5-3-4-6-13)10-16-12(17)11-9-14-7-8-15-11/h11,14-15H,2-10H2,1H3,(H,16,17). The van der Waals surface area contributed by atoms with E-state index in [2.05, 4.69) is 22.9 Å². The van der Waals surface area contributed by atoms with Crippen molar-refractivity contribution in [1.29, 1.82) is 0 Å². The fourth-order valence-electron chi connectivity index (χ4n) is 3.02. The predicted molar refractivity (Wildman–Crippen MR) is 68.9 cm³/mol. The maximum atomic E-state index is 12.0. The lowest BCUT2D eigenvalue weighted by molar-refractivity contribution is -0.123. The van der Waals surface area contributed by atoms with E-state index in [1.54, 1.807) is 0 Å². The first-order valence-electron chi connectivity index (χ1n) is 6.98. The number of hydrogen-bond acceptors (Lipinski definition) is 3. The molecule has 17 heavy (non-hydrogen) atoms. The molecule has 1 saturated heterocycles. The van der Waals surface area contributed by atoms with E-state index in [0.717, 1.165) is 26.2 Å². The summed E-state index contributed by atoms with van der Waals surface area (Å²) < 4.78 is 0.